The van der Waals surface area contributed by atoms with Gasteiger partial charge in [-0.15, -0.1) is 11.3 Å². The zero-order chi connectivity index (χ0) is 19.9. The van der Waals surface area contributed by atoms with Crippen LogP contribution in [0.1, 0.15) is 48.9 Å². The molecule has 0 spiro atoms. The molecule has 0 amide bonds. The van der Waals surface area contributed by atoms with Crippen molar-refractivity contribution >= 4 is 17.3 Å². The van der Waals surface area contributed by atoms with E-state index in [0.29, 0.717) is 18.5 Å². The quantitative estimate of drug-likeness (QED) is 0.570. The van der Waals surface area contributed by atoms with Gasteiger partial charge in [-0.05, 0) is 30.5 Å². The van der Waals surface area contributed by atoms with Crippen LogP contribution < -0.4 is 10.6 Å². The highest BCUT2D eigenvalue weighted by molar-refractivity contribution is 7.09. The molecule has 1 aliphatic heterocycles. The van der Waals surface area contributed by atoms with E-state index in [4.69, 9.17) is 0 Å². The number of halogens is 1. The fourth-order valence-corrected chi connectivity index (χ4v) is 4.15. The standard InChI is InChI=1S/C21H30FN5S/c1-15(2)20-25-19(14-28-20)12-24-21(23-3)26-18-8-10-27(11-9-18)13-16-4-6-17(22)7-5-16/h4-7,14-15,18H,8-13H2,1-3H3,(H2,23,24,26). The highest BCUT2D eigenvalue weighted by Crippen LogP contribution is 2.19. The van der Waals surface area contributed by atoms with Crippen molar-refractivity contribution in [2.45, 2.75) is 51.7 Å². The Bertz CT molecular complexity index is 763. The molecule has 2 aromatic rings. The molecule has 7 heteroatoms. The molecule has 152 valence electrons. The normalized spacial score (nSPS) is 16.5. The average Bonchev–Trinajstić information content (AvgIpc) is 3.18. The fraction of sp³-hybridized carbons (Fsp3) is 0.524. The Labute approximate surface area is 171 Å². The lowest BCUT2D eigenvalue weighted by molar-refractivity contribution is 0.198. The number of benzene rings is 1. The van der Waals surface area contributed by atoms with Crippen LogP contribution in [0.5, 0.6) is 0 Å². The molecule has 3 rings (SSSR count). The fourth-order valence-electron chi connectivity index (χ4n) is 3.31. The van der Waals surface area contributed by atoms with Gasteiger partial charge < -0.3 is 10.6 Å². The Morgan fingerprint density at radius 2 is 2.00 bits per heavy atom. The SMILES string of the molecule is CN=C(NCc1csc(C(C)C)n1)NC1CCN(Cc2ccc(F)cc2)CC1. The van der Waals surface area contributed by atoms with E-state index >= 15 is 0 Å². The predicted octanol–water partition coefficient (Wildman–Crippen LogP) is 3.74. The number of aromatic nitrogens is 1. The molecule has 2 N–H and O–H groups in total. The Kier molecular flexibility index (Phi) is 7.39. The van der Waals surface area contributed by atoms with Crippen molar-refractivity contribution in [2.75, 3.05) is 20.1 Å². The number of aliphatic imine (C=N–C) groups is 1. The topological polar surface area (TPSA) is 52.6 Å². The average molecular weight is 404 g/mol. The van der Waals surface area contributed by atoms with Gasteiger partial charge >= 0.3 is 0 Å². The van der Waals surface area contributed by atoms with Gasteiger partial charge in [-0.1, -0.05) is 26.0 Å². The minimum Gasteiger partial charge on any atom is -0.354 e. The van der Waals surface area contributed by atoms with E-state index in [9.17, 15) is 4.39 Å². The van der Waals surface area contributed by atoms with Crippen molar-refractivity contribution in [3.05, 3.63) is 51.7 Å². The first kappa shape index (κ1) is 20.7. The van der Waals surface area contributed by atoms with Crippen molar-refractivity contribution in [2.24, 2.45) is 4.99 Å². The zero-order valence-corrected chi connectivity index (χ0v) is 17.7. The maximum atomic E-state index is 13.0. The summed E-state index contributed by atoms with van der Waals surface area (Å²) < 4.78 is 13.0. The Morgan fingerprint density at radius 3 is 2.61 bits per heavy atom. The van der Waals surface area contributed by atoms with Crippen LogP contribution >= 0.6 is 11.3 Å². The molecule has 0 saturated carbocycles. The van der Waals surface area contributed by atoms with Gasteiger partial charge in [0, 0.05) is 44.0 Å². The van der Waals surface area contributed by atoms with Gasteiger partial charge in [-0.2, -0.15) is 0 Å². The Hall–Kier alpha value is -1.99. The monoisotopic (exact) mass is 403 g/mol. The largest absolute Gasteiger partial charge is 0.354 e. The molecule has 5 nitrogen and oxygen atoms in total. The van der Waals surface area contributed by atoms with Gasteiger partial charge in [0.1, 0.15) is 5.82 Å². The molecule has 1 aromatic heterocycles. The summed E-state index contributed by atoms with van der Waals surface area (Å²) in [5, 5.41) is 10.2. The van der Waals surface area contributed by atoms with E-state index < -0.39 is 0 Å². The van der Waals surface area contributed by atoms with Gasteiger partial charge in [-0.3, -0.25) is 9.89 Å². The highest BCUT2D eigenvalue weighted by atomic mass is 32.1. The number of nitrogens with one attached hydrogen (secondary N) is 2. The van der Waals surface area contributed by atoms with Gasteiger partial charge in [0.15, 0.2) is 5.96 Å². The van der Waals surface area contributed by atoms with Gasteiger partial charge in [0.25, 0.3) is 0 Å². The van der Waals surface area contributed by atoms with Crippen LogP contribution in [0.2, 0.25) is 0 Å². The number of piperidine rings is 1. The number of nitrogens with zero attached hydrogens (tertiary/aromatic N) is 3. The summed E-state index contributed by atoms with van der Waals surface area (Å²) in [6.07, 6.45) is 2.13. The van der Waals surface area contributed by atoms with E-state index in [2.05, 4.69) is 44.7 Å². The number of likely N-dealkylation sites (tertiary alicyclic amines) is 1. The van der Waals surface area contributed by atoms with E-state index in [1.807, 2.05) is 12.1 Å². The third-order valence-corrected chi connectivity index (χ3v) is 6.17. The number of guanidine groups is 1. The molecule has 1 fully saturated rings. The molecule has 0 unspecified atom stereocenters. The summed E-state index contributed by atoms with van der Waals surface area (Å²) in [4.78, 5) is 11.4. The molecule has 1 aromatic carbocycles. The van der Waals surface area contributed by atoms with Crippen molar-refractivity contribution in [3.8, 4) is 0 Å². The van der Waals surface area contributed by atoms with E-state index in [1.54, 1.807) is 18.4 Å². The molecule has 2 heterocycles. The van der Waals surface area contributed by atoms with Gasteiger partial charge in [-0.25, -0.2) is 9.37 Å². The number of thiazole rings is 1. The van der Waals surface area contributed by atoms with Crippen molar-refractivity contribution in [1.82, 2.24) is 20.5 Å². The van der Waals surface area contributed by atoms with E-state index in [-0.39, 0.29) is 5.82 Å². The lowest BCUT2D eigenvalue weighted by atomic mass is 10.0. The van der Waals surface area contributed by atoms with Crippen LogP contribution in [0, 0.1) is 5.82 Å². The van der Waals surface area contributed by atoms with E-state index in [0.717, 1.165) is 49.7 Å². The smallest absolute Gasteiger partial charge is 0.191 e. The lowest BCUT2D eigenvalue weighted by Crippen LogP contribution is -2.48. The van der Waals surface area contributed by atoms with Crippen LogP contribution in [0.25, 0.3) is 0 Å². The summed E-state index contributed by atoms with van der Waals surface area (Å²) in [6.45, 7) is 7.94. The minimum absolute atomic E-state index is 0.177. The van der Waals surface area contributed by atoms with Crippen molar-refractivity contribution in [1.29, 1.82) is 0 Å². The second-order valence-electron chi connectivity index (χ2n) is 7.58. The molecule has 1 saturated heterocycles. The molecular weight excluding hydrogens is 373 g/mol. The van der Waals surface area contributed by atoms with Crippen LogP contribution in [0.4, 0.5) is 4.39 Å². The molecule has 28 heavy (non-hydrogen) atoms. The van der Waals surface area contributed by atoms with Crippen LogP contribution in [-0.2, 0) is 13.1 Å². The van der Waals surface area contributed by atoms with Crippen molar-refractivity contribution in [3.63, 3.8) is 0 Å². The number of rotatable bonds is 6. The first-order valence-corrected chi connectivity index (χ1v) is 10.8. The summed E-state index contributed by atoms with van der Waals surface area (Å²) in [7, 11) is 1.81. The van der Waals surface area contributed by atoms with Gasteiger partial charge in [0.05, 0.1) is 17.2 Å². The molecule has 0 aliphatic carbocycles. The van der Waals surface area contributed by atoms with Crippen LogP contribution in [-0.4, -0.2) is 42.0 Å². The maximum absolute atomic E-state index is 13.0. The molecule has 0 atom stereocenters. The minimum atomic E-state index is -0.177. The summed E-state index contributed by atoms with van der Waals surface area (Å²) >= 11 is 1.72. The lowest BCUT2D eigenvalue weighted by Gasteiger charge is -2.33. The third kappa shape index (κ3) is 6.01. The van der Waals surface area contributed by atoms with Crippen LogP contribution in [0.15, 0.2) is 34.6 Å². The van der Waals surface area contributed by atoms with Crippen LogP contribution in [0.3, 0.4) is 0 Å². The molecule has 0 radical (unpaired) electrons. The molecular formula is C21H30FN5S. The third-order valence-electron chi connectivity index (χ3n) is 4.97. The first-order valence-electron chi connectivity index (χ1n) is 9.91. The number of hydrogen-bond donors (Lipinski definition) is 2. The van der Waals surface area contributed by atoms with E-state index in [1.165, 1.54) is 17.1 Å². The first-order chi connectivity index (χ1) is 13.5. The zero-order valence-electron chi connectivity index (χ0n) is 16.9. The number of hydrogen-bond acceptors (Lipinski definition) is 4. The maximum Gasteiger partial charge on any atom is 0.191 e. The second kappa shape index (κ2) is 9.98. The van der Waals surface area contributed by atoms with Gasteiger partial charge in [0.2, 0.25) is 0 Å². The second-order valence-corrected chi connectivity index (χ2v) is 8.47. The summed E-state index contributed by atoms with van der Waals surface area (Å²) in [5.74, 6) is 1.12. The molecule has 0 bridgehead atoms. The summed E-state index contributed by atoms with van der Waals surface area (Å²) in [6, 6.07) is 7.22. The Morgan fingerprint density at radius 1 is 1.29 bits per heavy atom. The predicted molar refractivity (Wildman–Crippen MR) is 114 cm³/mol. The Balaban J connectivity index is 1.41. The molecule has 1 aliphatic rings. The summed E-state index contributed by atoms with van der Waals surface area (Å²) in [5.41, 5.74) is 2.22. The highest BCUT2D eigenvalue weighted by Gasteiger charge is 2.20. The van der Waals surface area contributed by atoms with Crippen molar-refractivity contribution < 1.29 is 4.39 Å².